The summed E-state index contributed by atoms with van der Waals surface area (Å²) in [6.07, 6.45) is 4.32. The normalized spacial score (nSPS) is 16.2. The van der Waals surface area contributed by atoms with E-state index in [2.05, 4.69) is 31.3 Å². The topological polar surface area (TPSA) is 72.9 Å². The van der Waals surface area contributed by atoms with Gasteiger partial charge < -0.3 is 20.2 Å². The molecule has 3 aromatic rings. The lowest BCUT2D eigenvalue weighted by Crippen LogP contribution is -2.49. The van der Waals surface area contributed by atoms with E-state index in [0.29, 0.717) is 36.3 Å². The quantitative estimate of drug-likeness (QED) is 0.227. The van der Waals surface area contributed by atoms with Crippen molar-refractivity contribution in [1.29, 1.82) is 0 Å². The SMILES string of the molecule is CCC[C@H]1CCCN1C(=O)c1cc(C)cc(N(C=O)[C@@H](Cc2cc(F)cc(F)c2)[C@@H](O)CNCc2cccc(CC)c2)c1. The Morgan fingerprint density at radius 2 is 1.81 bits per heavy atom. The van der Waals surface area contributed by atoms with E-state index in [1.54, 1.807) is 12.1 Å². The molecule has 230 valence electrons. The summed E-state index contributed by atoms with van der Waals surface area (Å²) in [6, 6.07) is 16.0. The molecule has 43 heavy (non-hydrogen) atoms. The van der Waals surface area contributed by atoms with Gasteiger partial charge in [-0.15, -0.1) is 0 Å². The Morgan fingerprint density at radius 1 is 1.07 bits per heavy atom. The maximum Gasteiger partial charge on any atom is 0.254 e. The number of hydrogen-bond donors (Lipinski definition) is 2. The second kappa shape index (κ2) is 15.2. The van der Waals surface area contributed by atoms with Crippen molar-refractivity contribution in [2.45, 2.75) is 84.0 Å². The predicted octanol–water partition coefficient (Wildman–Crippen LogP) is 5.97. The molecule has 0 aliphatic carbocycles. The van der Waals surface area contributed by atoms with Gasteiger partial charge in [-0.3, -0.25) is 9.59 Å². The summed E-state index contributed by atoms with van der Waals surface area (Å²) in [6.45, 7) is 7.39. The third-order valence-electron chi connectivity index (χ3n) is 8.23. The van der Waals surface area contributed by atoms with E-state index in [1.165, 1.54) is 22.6 Å². The van der Waals surface area contributed by atoms with E-state index >= 15 is 0 Å². The van der Waals surface area contributed by atoms with Gasteiger partial charge in [0.15, 0.2) is 0 Å². The van der Waals surface area contributed by atoms with Crippen LogP contribution in [0.2, 0.25) is 0 Å². The summed E-state index contributed by atoms with van der Waals surface area (Å²) in [4.78, 5) is 29.6. The second-order valence-corrected chi connectivity index (χ2v) is 11.6. The van der Waals surface area contributed by atoms with Gasteiger partial charge in [0, 0.05) is 43.0 Å². The highest BCUT2D eigenvalue weighted by Gasteiger charge is 2.31. The zero-order valence-electron chi connectivity index (χ0n) is 25.4. The Bertz CT molecular complexity index is 1380. The lowest BCUT2D eigenvalue weighted by molar-refractivity contribution is -0.108. The molecule has 1 aliphatic heterocycles. The summed E-state index contributed by atoms with van der Waals surface area (Å²) in [5.41, 5.74) is 4.29. The van der Waals surface area contributed by atoms with Crippen LogP contribution in [-0.4, -0.2) is 53.6 Å². The van der Waals surface area contributed by atoms with Crippen molar-refractivity contribution in [2.75, 3.05) is 18.0 Å². The summed E-state index contributed by atoms with van der Waals surface area (Å²) in [5, 5.41) is 14.7. The summed E-state index contributed by atoms with van der Waals surface area (Å²) >= 11 is 0. The van der Waals surface area contributed by atoms with Gasteiger partial charge in [-0.25, -0.2) is 8.78 Å². The van der Waals surface area contributed by atoms with Gasteiger partial charge in [0.05, 0.1) is 12.1 Å². The fourth-order valence-corrected chi connectivity index (χ4v) is 6.12. The van der Waals surface area contributed by atoms with E-state index in [9.17, 15) is 23.5 Å². The first kappa shape index (κ1) is 32.3. The summed E-state index contributed by atoms with van der Waals surface area (Å²) in [7, 11) is 0. The number of likely N-dealkylation sites (tertiary alicyclic amines) is 1. The molecule has 8 heteroatoms. The minimum Gasteiger partial charge on any atom is -0.390 e. The van der Waals surface area contributed by atoms with Crippen LogP contribution in [0.4, 0.5) is 14.5 Å². The number of aliphatic hydroxyl groups excluding tert-OH is 1. The van der Waals surface area contributed by atoms with Crippen LogP contribution in [0.25, 0.3) is 0 Å². The van der Waals surface area contributed by atoms with Crippen molar-refractivity contribution in [1.82, 2.24) is 10.2 Å². The van der Waals surface area contributed by atoms with Crippen LogP contribution in [-0.2, 0) is 24.2 Å². The molecule has 3 aromatic carbocycles. The zero-order chi connectivity index (χ0) is 30.9. The van der Waals surface area contributed by atoms with Crippen molar-refractivity contribution in [2.24, 2.45) is 0 Å². The monoisotopic (exact) mass is 591 g/mol. The lowest BCUT2D eigenvalue weighted by Gasteiger charge is -2.33. The number of anilines is 1. The second-order valence-electron chi connectivity index (χ2n) is 11.6. The molecule has 3 atom stereocenters. The number of rotatable bonds is 14. The van der Waals surface area contributed by atoms with Crippen molar-refractivity contribution in [3.8, 4) is 0 Å². The number of hydrogen-bond acceptors (Lipinski definition) is 4. The number of carbonyl (C=O) groups excluding carboxylic acids is 2. The van der Waals surface area contributed by atoms with Crippen molar-refractivity contribution in [3.05, 3.63) is 100 Å². The average Bonchev–Trinajstić information content (AvgIpc) is 3.44. The average molecular weight is 592 g/mol. The molecule has 1 heterocycles. The number of nitrogens with one attached hydrogen (secondary N) is 1. The Hall–Kier alpha value is -3.62. The Kier molecular flexibility index (Phi) is 11.4. The first-order chi connectivity index (χ1) is 20.7. The number of aliphatic hydroxyl groups is 1. The van der Waals surface area contributed by atoms with Crippen LogP contribution >= 0.6 is 0 Å². The fraction of sp³-hybridized carbons (Fsp3) is 0.429. The highest BCUT2D eigenvalue weighted by Crippen LogP contribution is 2.28. The van der Waals surface area contributed by atoms with Crippen LogP contribution in [0, 0.1) is 18.6 Å². The van der Waals surface area contributed by atoms with Gasteiger partial charge in [0.25, 0.3) is 5.91 Å². The van der Waals surface area contributed by atoms with Gasteiger partial charge in [-0.05, 0) is 91.6 Å². The van der Waals surface area contributed by atoms with Crippen LogP contribution < -0.4 is 10.2 Å². The molecule has 0 spiro atoms. The minimum absolute atomic E-state index is 0.00348. The maximum absolute atomic E-state index is 14.1. The Balaban J connectivity index is 1.61. The molecule has 2 N–H and O–H groups in total. The number of nitrogens with zero attached hydrogens (tertiary/aromatic N) is 2. The largest absolute Gasteiger partial charge is 0.390 e. The molecule has 0 saturated carbocycles. The number of halogens is 2. The molecule has 0 unspecified atom stereocenters. The molecule has 4 rings (SSSR count). The Morgan fingerprint density at radius 3 is 2.51 bits per heavy atom. The maximum atomic E-state index is 14.1. The van der Waals surface area contributed by atoms with Crippen molar-refractivity contribution < 1.29 is 23.5 Å². The van der Waals surface area contributed by atoms with Crippen molar-refractivity contribution >= 4 is 18.0 Å². The van der Waals surface area contributed by atoms with E-state index in [4.69, 9.17) is 0 Å². The molecule has 0 bridgehead atoms. The van der Waals surface area contributed by atoms with Gasteiger partial charge in [0.1, 0.15) is 11.6 Å². The molecular formula is C35H43F2N3O3. The van der Waals surface area contributed by atoms with Crippen LogP contribution in [0.15, 0.2) is 60.7 Å². The third kappa shape index (κ3) is 8.48. The van der Waals surface area contributed by atoms with Crippen LogP contribution in [0.3, 0.4) is 0 Å². The molecule has 1 saturated heterocycles. The van der Waals surface area contributed by atoms with E-state index < -0.39 is 23.8 Å². The molecule has 0 aromatic heterocycles. The van der Waals surface area contributed by atoms with Gasteiger partial charge >= 0.3 is 0 Å². The zero-order valence-corrected chi connectivity index (χ0v) is 25.4. The molecule has 0 radical (unpaired) electrons. The highest BCUT2D eigenvalue weighted by atomic mass is 19.1. The summed E-state index contributed by atoms with van der Waals surface area (Å²) < 4.78 is 28.3. The van der Waals surface area contributed by atoms with Gasteiger partial charge in [-0.1, -0.05) is 44.5 Å². The van der Waals surface area contributed by atoms with Crippen LogP contribution in [0.1, 0.15) is 72.1 Å². The standard InChI is InChI=1S/C35H43F2N3O3/c1-4-8-31-11-7-12-39(31)35(43)28-13-24(3)14-32(19-28)40(23-41)33(18-27-16-29(36)20-30(37)17-27)34(42)22-38-21-26-10-6-9-25(5-2)15-26/h6,9-10,13-17,19-20,23,31,33-34,38,42H,4-5,7-8,11-12,18,21-22H2,1-3H3/t31-,33-,34-/m0/s1. The third-order valence-corrected chi connectivity index (χ3v) is 8.23. The van der Waals surface area contributed by atoms with E-state index in [0.717, 1.165) is 49.3 Å². The lowest BCUT2D eigenvalue weighted by atomic mass is 9.98. The van der Waals surface area contributed by atoms with E-state index in [-0.39, 0.29) is 24.9 Å². The minimum atomic E-state index is -1.09. The molecule has 1 aliphatic rings. The molecule has 2 amide bonds. The van der Waals surface area contributed by atoms with Crippen LogP contribution in [0.5, 0.6) is 0 Å². The Labute approximate surface area is 253 Å². The number of aryl methyl sites for hydroxylation is 2. The highest BCUT2D eigenvalue weighted by molar-refractivity contribution is 5.96. The van der Waals surface area contributed by atoms with E-state index in [1.807, 2.05) is 30.0 Å². The molecule has 6 nitrogen and oxygen atoms in total. The number of amides is 2. The number of carbonyl (C=O) groups is 2. The van der Waals surface area contributed by atoms with Gasteiger partial charge in [-0.2, -0.15) is 0 Å². The predicted molar refractivity (Wildman–Crippen MR) is 166 cm³/mol. The first-order valence-corrected chi connectivity index (χ1v) is 15.3. The van der Waals surface area contributed by atoms with Gasteiger partial charge in [0.2, 0.25) is 6.41 Å². The fourth-order valence-electron chi connectivity index (χ4n) is 6.12. The van der Waals surface area contributed by atoms with Crippen molar-refractivity contribution in [3.63, 3.8) is 0 Å². The summed E-state index contributed by atoms with van der Waals surface area (Å²) in [5.74, 6) is -1.54. The molecule has 1 fully saturated rings. The first-order valence-electron chi connectivity index (χ1n) is 15.3. The molecular weight excluding hydrogens is 548 g/mol. The number of benzene rings is 3. The smallest absolute Gasteiger partial charge is 0.254 e.